The molecule has 2 saturated heterocycles. The Labute approximate surface area is 168 Å². The minimum absolute atomic E-state index is 0.150. The van der Waals surface area contributed by atoms with Gasteiger partial charge in [-0.05, 0) is 48.4 Å². The molecule has 0 unspecified atom stereocenters. The highest BCUT2D eigenvalue weighted by Gasteiger charge is 2.23. The molecule has 2 aromatic carbocycles. The molecule has 0 radical (unpaired) electrons. The quantitative estimate of drug-likeness (QED) is 0.792. The van der Waals surface area contributed by atoms with Crippen molar-refractivity contribution in [2.24, 2.45) is 0 Å². The van der Waals surface area contributed by atoms with Gasteiger partial charge in [-0.25, -0.2) is 4.79 Å². The van der Waals surface area contributed by atoms with Crippen LogP contribution in [0, 0.1) is 0 Å². The lowest BCUT2D eigenvalue weighted by Gasteiger charge is -2.15. The van der Waals surface area contributed by atoms with Crippen LogP contribution < -0.4 is 15.1 Å². The second-order valence-corrected chi connectivity index (χ2v) is 6.88. The molecular weight excluding hydrogens is 370 g/mol. The van der Waals surface area contributed by atoms with Gasteiger partial charge in [0.1, 0.15) is 6.61 Å². The maximum Gasteiger partial charge on any atom is 0.414 e. The molecular formula is C22H21N3O4. The first-order valence-electron chi connectivity index (χ1n) is 9.54. The molecule has 0 aliphatic carbocycles. The van der Waals surface area contributed by atoms with Crippen LogP contribution in [0.4, 0.5) is 21.9 Å². The lowest BCUT2D eigenvalue weighted by molar-refractivity contribution is -0.117. The van der Waals surface area contributed by atoms with Gasteiger partial charge in [0, 0.05) is 36.1 Å². The van der Waals surface area contributed by atoms with Crippen LogP contribution in [0.1, 0.15) is 18.4 Å². The van der Waals surface area contributed by atoms with Crippen LogP contribution in [0.2, 0.25) is 0 Å². The van der Waals surface area contributed by atoms with Crippen LogP contribution >= 0.6 is 0 Å². The first kappa shape index (κ1) is 18.7. The fourth-order valence-corrected chi connectivity index (χ4v) is 3.42. The van der Waals surface area contributed by atoms with Crippen LogP contribution in [0.25, 0.3) is 6.08 Å². The van der Waals surface area contributed by atoms with Gasteiger partial charge in [-0.1, -0.05) is 18.2 Å². The zero-order chi connectivity index (χ0) is 20.2. The second kappa shape index (κ2) is 8.18. The summed E-state index contributed by atoms with van der Waals surface area (Å²) in [7, 11) is 0. The van der Waals surface area contributed by atoms with Crippen LogP contribution in [-0.4, -0.2) is 37.6 Å². The number of ether oxygens (including phenoxy) is 1. The third kappa shape index (κ3) is 4.29. The van der Waals surface area contributed by atoms with Crippen molar-refractivity contribution in [3.8, 4) is 0 Å². The maximum absolute atomic E-state index is 12.2. The van der Waals surface area contributed by atoms with Gasteiger partial charge in [0.15, 0.2) is 0 Å². The molecule has 7 heteroatoms. The van der Waals surface area contributed by atoms with Crippen molar-refractivity contribution in [2.45, 2.75) is 12.8 Å². The van der Waals surface area contributed by atoms with Crippen molar-refractivity contribution in [1.29, 1.82) is 0 Å². The Kier molecular flexibility index (Phi) is 5.29. The van der Waals surface area contributed by atoms with Crippen LogP contribution in [-0.2, 0) is 14.3 Å². The van der Waals surface area contributed by atoms with Gasteiger partial charge in [0.05, 0.1) is 6.54 Å². The Bertz CT molecular complexity index is 968. The number of carbonyl (C=O) groups is 3. The molecule has 0 aromatic heterocycles. The van der Waals surface area contributed by atoms with E-state index in [0.717, 1.165) is 24.2 Å². The number of anilines is 3. The highest BCUT2D eigenvalue weighted by molar-refractivity contribution is 6.02. The number of amides is 3. The average Bonchev–Trinajstić information content (AvgIpc) is 3.35. The van der Waals surface area contributed by atoms with E-state index in [9.17, 15) is 14.4 Å². The first-order chi connectivity index (χ1) is 14.1. The third-order valence-electron chi connectivity index (χ3n) is 4.89. The molecule has 0 spiro atoms. The normalized spacial score (nSPS) is 16.6. The van der Waals surface area contributed by atoms with Crippen molar-refractivity contribution in [3.63, 3.8) is 0 Å². The van der Waals surface area contributed by atoms with E-state index in [0.29, 0.717) is 30.9 Å². The number of hydrogen-bond acceptors (Lipinski definition) is 4. The summed E-state index contributed by atoms with van der Waals surface area (Å²) in [4.78, 5) is 39.0. The lowest BCUT2D eigenvalue weighted by atomic mass is 10.2. The van der Waals surface area contributed by atoms with E-state index in [4.69, 9.17) is 4.74 Å². The van der Waals surface area contributed by atoms with E-state index in [-0.39, 0.29) is 17.9 Å². The largest absolute Gasteiger partial charge is 0.447 e. The van der Waals surface area contributed by atoms with Crippen molar-refractivity contribution in [3.05, 3.63) is 60.2 Å². The number of nitrogens with one attached hydrogen (secondary N) is 1. The summed E-state index contributed by atoms with van der Waals surface area (Å²) in [6.45, 7) is 1.61. The van der Waals surface area contributed by atoms with Gasteiger partial charge in [0.2, 0.25) is 11.8 Å². The van der Waals surface area contributed by atoms with E-state index in [2.05, 4.69) is 5.32 Å². The van der Waals surface area contributed by atoms with Crippen molar-refractivity contribution in [2.75, 3.05) is 34.8 Å². The van der Waals surface area contributed by atoms with Gasteiger partial charge >= 0.3 is 6.09 Å². The molecule has 0 bridgehead atoms. The molecule has 7 nitrogen and oxygen atoms in total. The molecule has 0 saturated carbocycles. The lowest BCUT2D eigenvalue weighted by Crippen LogP contribution is -2.23. The molecule has 2 heterocycles. The molecule has 4 rings (SSSR count). The summed E-state index contributed by atoms with van der Waals surface area (Å²) in [5.74, 6) is -0.123. The van der Waals surface area contributed by atoms with Gasteiger partial charge in [-0.2, -0.15) is 0 Å². The summed E-state index contributed by atoms with van der Waals surface area (Å²) in [6.07, 6.45) is 4.27. The zero-order valence-corrected chi connectivity index (χ0v) is 15.8. The highest BCUT2D eigenvalue weighted by atomic mass is 16.6. The molecule has 0 atom stereocenters. The number of benzene rings is 2. The molecule has 1 N–H and O–H groups in total. The van der Waals surface area contributed by atoms with Crippen LogP contribution in [0.15, 0.2) is 54.6 Å². The Morgan fingerprint density at radius 3 is 2.52 bits per heavy atom. The number of rotatable bonds is 5. The molecule has 148 valence electrons. The molecule has 2 aromatic rings. The molecule has 2 fully saturated rings. The highest BCUT2D eigenvalue weighted by Crippen LogP contribution is 2.23. The fourth-order valence-electron chi connectivity index (χ4n) is 3.42. The Morgan fingerprint density at radius 1 is 1.00 bits per heavy atom. The molecule has 2 aliphatic rings. The summed E-state index contributed by atoms with van der Waals surface area (Å²) >= 11 is 0. The van der Waals surface area contributed by atoms with E-state index < -0.39 is 0 Å². The minimum Gasteiger partial charge on any atom is -0.447 e. The summed E-state index contributed by atoms with van der Waals surface area (Å²) in [5, 5.41) is 2.80. The Morgan fingerprint density at radius 2 is 1.83 bits per heavy atom. The smallest absolute Gasteiger partial charge is 0.414 e. The molecule has 29 heavy (non-hydrogen) atoms. The van der Waals surface area contributed by atoms with Gasteiger partial charge < -0.3 is 15.0 Å². The number of carbonyl (C=O) groups excluding carboxylic acids is 3. The SMILES string of the molecule is O=C(/C=C/c1ccc(N2CCCC2=O)cc1)Nc1cccc(N2CCOC2=O)c1. The predicted octanol–water partition coefficient (Wildman–Crippen LogP) is 3.42. The minimum atomic E-state index is -0.382. The second-order valence-electron chi connectivity index (χ2n) is 6.88. The topological polar surface area (TPSA) is 79.0 Å². The number of nitrogens with zero attached hydrogens (tertiary/aromatic N) is 2. The zero-order valence-electron chi connectivity index (χ0n) is 15.8. The van der Waals surface area contributed by atoms with Crippen LogP contribution in [0.5, 0.6) is 0 Å². The number of cyclic esters (lactones) is 1. The third-order valence-corrected chi connectivity index (χ3v) is 4.89. The molecule has 3 amide bonds. The summed E-state index contributed by atoms with van der Waals surface area (Å²) in [6, 6.07) is 14.6. The average molecular weight is 391 g/mol. The summed E-state index contributed by atoms with van der Waals surface area (Å²) < 4.78 is 4.94. The Balaban J connectivity index is 1.37. The van der Waals surface area contributed by atoms with Crippen molar-refractivity contribution < 1.29 is 19.1 Å². The summed E-state index contributed by atoms with van der Waals surface area (Å²) in [5.41, 5.74) is 3.02. The molecule has 2 aliphatic heterocycles. The van der Waals surface area contributed by atoms with E-state index in [1.54, 1.807) is 35.2 Å². The van der Waals surface area contributed by atoms with Gasteiger partial charge in [0.25, 0.3) is 0 Å². The van der Waals surface area contributed by atoms with Gasteiger partial charge in [-0.15, -0.1) is 0 Å². The number of hydrogen-bond donors (Lipinski definition) is 1. The predicted molar refractivity (Wildman–Crippen MR) is 111 cm³/mol. The van der Waals surface area contributed by atoms with E-state index in [1.165, 1.54) is 11.0 Å². The van der Waals surface area contributed by atoms with Gasteiger partial charge in [-0.3, -0.25) is 14.5 Å². The van der Waals surface area contributed by atoms with Crippen molar-refractivity contribution >= 4 is 41.0 Å². The first-order valence-corrected chi connectivity index (χ1v) is 9.54. The van der Waals surface area contributed by atoms with E-state index >= 15 is 0 Å². The maximum atomic E-state index is 12.2. The van der Waals surface area contributed by atoms with Crippen molar-refractivity contribution in [1.82, 2.24) is 0 Å². The fraction of sp³-hybridized carbons (Fsp3) is 0.227. The Hall–Kier alpha value is -3.61. The van der Waals surface area contributed by atoms with Crippen LogP contribution in [0.3, 0.4) is 0 Å². The monoisotopic (exact) mass is 391 g/mol. The standard InChI is InChI=1S/C22H21N3O4/c26-20(23-17-3-1-4-19(15-17)25-13-14-29-22(25)28)11-8-16-6-9-18(10-7-16)24-12-2-5-21(24)27/h1,3-4,6-11,15H,2,5,12-14H2,(H,23,26)/b11-8+. The van der Waals surface area contributed by atoms with E-state index in [1.807, 2.05) is 24.3 Å².